The van der Waals surface area contributed by atoms with Gasteiger partial charge in [-0.2, -0.15) is 4.31 Å². The fourth-order valence-electron chi connectivity index (χ4n) is 3.93. The Morgan fingerprint density at radius 3 is 1.71 bits per heavy atom. The fourth-order valence-corrected chi connectivity index (χ4v) is 6.31. The normalized spacial score (nSPS) is 16.0. The van der Waals surface area contributed by atoms with Crippen LogP contribution in [0.15, 0.2) is 77.7 Å². The summed E-state index contributed by atoms with van der Waals surface area (Å²) in [4.78, 5) is 2.30. The molecule has 0 spiro atoms. The van der Waals surface area contributed by atoms with Crippen LogP contribution in [0.1, 0.15) is 17.2 Å². The third-order valence-corrected chi connectivity index (χ3v) is 8.83. The molecule has 4 rings (SSSR count). The van der Waals surface area contributed by atoms with Gasteiger partial charge >= 0.3 is 0 Å². The minimum Gasteiger partial charge on any atom is -0.290 e. The lowest BCUT2D eigenvalue weighted by atomic mass is 9.96. The monoisotopic (exact) mass is 494 g/mol. The molecule has 0 amide bonds. The third kappa shape index (κ3) is 4.63. The Balaban J connectivity index is 1.58. The van der Waals surface area contributed by atoms with Gasteiger partial charge in [0, 0.05) is 26.2 Å². The average Bonchev–Trinajstić information content (AvgIpc) is 2.79. The largest absolute Gasteiger partial charge is 0.290 e. The zero-order valence-electron chi connectivity index (χ0n) is 16.6. The van der Waals surface area contributed by atoms with Gasteiger partial charge in [0.2, 0.25) is 10.0 Å². The topological polar surface area (TPSA) is 40.6 Å². The predicted molar refractivity (Wildman–Crippen MR) is 127 cm³/mol. The van der Waals surface area contributed by atoms with E-state index in [0.717, 1.165) is 0 Å². The maximum absolute atomic E-state index is 13.2. The van der Waals surface area contributed by atoms with Gasteiger partial charge in [0.05, 0.1) is 21.1 Å². The molecule has 0 bridgehead atoms. The molecule has 0 radical (unpaired) electrons. The van der Waals surface area contributed by atoms with E-state index < -0.39 is 10.0 Å². The molecule has 8 heteroatoms. The van der Waals surface area contributed by atoms with Gasteiger partial charge < -0.3 is 0 Å². The number of nitrogens with zero attached hydrogens (tertiary/aromatic N) is 2. The van der Waals surface area contributed by atoms with Crippen molar-refractivity contribution in [3.63, 3.8) is 0 Å². The van der Waals surface area contributed by atoms with Gasteiger partial charge in [-0.1, -0.05) is 95.5 Å². The molecule has 3 aromatic rings. The van der Waals surface area contributed by atoms with Crippen molar-refractivity contribution < 1.29 is 8.42 Å². The molecule has 0 N–H and O–H groups in total. The van der Waals surface area contributed by atoms with E-state index >= 15 is 0 Å². The second-order valence-corrected chi connectivity index (χ2v) is 10.4. The van der Waals surface area contributed by atoms with Gasteiger partial charge in [-0.15, -0.1) is 0 Å². The number of hydrogen-bond acceptors (Lipinski definition) is 3. The van der Waals surface area contributed by atoms with Gasteiger partial charge in [-0.05, 0) is 23.3 Å². The maximum Gasteiger partial charge on any atom is 0.244 e. The lowest BCUT2D eigenvalue weighted by molar-refractivity contribution is 0.156. The van der Waals surface area contributed by atoms with E-state index in [1.807, 2.05) is 36.4 Å². The lowest BCUT2D eigenvalue weighted by Gasteiger charge is -2.39. The SMILES string of the molecule is O=S(=O)(c1ccc(Cl)c(Cl)c1Cl)N1CCN(C(c2ccccc2)c2ccccc2)CC1. The van der Waals surface area contributed by atoms with E-state index in [2.05, 4.69) is 29.2 Å². The van der Waals surface area contributed by atoms with Crippen LogP contribution < -0.4 is 0 Å². The van der Waals surface area contributed by atoms with Crippen LogP contribution in [0.5, 0.6) is 0 Å². The van der Waals surface area contributed by atoms with Crippen molar-refractivity contribution in [2.75, 3.05) is 26.2 Å². The summed E-state index contributed by atoms with van der Waals surface area (Å²) in [5.74, 6) is 0. The van der Waals surface area contributed by atoms with Crippen LogP contribution in [0.4, 0.5) is 0 Å². The summed E-state index contributed by atoms with van der Waals surface area (Å²) in [5.41, 5.74) is 2.36. The molecule has 0 saturated carbocycles. The summed E-state index contributed by atoms with van der Waals surface area (Å²) in [6, 6.07) is 23.5. The fraction of sp³-hybridized carbons (Fsp3) is 0.217. The van der Waals surface area contributed by atoms with Crippen molar-refractivity contribution in [3.8, 4) is 0 Å². The van der Waals surface area contributed by atoms with Crippen LogP contribution in [0.2, 0.25) is 15.1 Å². The molecule has 4 nitrogen and oxygen atoms in total. The van der Waals surface area contributed by atoms with E-state index in [9.17, 15) is 8.42 Å². The molecule has 1 aliphatic rings. The molecule has 31 heavy (non-hydrogen) atoms. The molecule has 0 aromatic heterocycles. The van der Waals surface area contributed by atoms with Crippen molar-refractivity contribution in [3.05, 3.63) is 99.0 Å². The van der Waals surface area contributed by atoms with Crippen LogP contribution in [0, 0.1) is 0 Å². The minimum atomic E-state index is -3.78. The number of piperazine rings is 1. The molecule has 0 aliphatic carbocycles. The maximum atomic E-state index is 13.2. The van der Waals surface area contributed by atoms with Crippen LogP contribution in [-0.4, -0.2) is 43.8 Å². The first-order valence-corrected chi connectivity index (χ1v) is 12.4. The summed E-state index contributed by atoms with van der Waals surface area (Å²) >= 11 is 18.2. The molecule has 162 valence electrons. The van der Waals surface area contributed by atoms with Crippen molar-refractivity contribution in [2.24, 2.45) is 0 Å². The summed E-state index contributed by atoms with van der Waals surface area (Å²) in [5, 5.41) is 0.239. The Kier molecular flexibility index (Phi) is 6.92. The Bertz CT molecular complexity index is 1110. The van der Waals surface area contributed by atoms with Crippen molar-refractivity contribution >= 4 is 44.8 Å². The second kappa shape index (κ2) is 9.49. The van der Waals surface area contributed by atoms with E-state index in [1.165, 1.54) is 27.6 Å². The van der Waals surface area contributed by atoms with Crippen LogP contribution in [0.25, 0.3) is 0 Å². The molecule has 0 atom stereocenters. The Morgan fingerprint density at radius 2 is 1.19 bits per heavy atom. The first kappa shape index (κ1) is 22.6. The first-order valence-electron chi connectivity index (χ1n) is 9.87. The second-order valence-electron chi connectivity index (χ2n) is 7.34. The summed E-state index contributed by atoms with van der Waals surface area (Å²) in [6.07, 6.45) is 0. The highest BCUT2D eigenvalue weighted by molar-refractivity contribution is 7.89. The third-order valence-electron chi connectivity index (χ3n) is 5.49. The Hall–Kier alpha value is -1.60. The number of benzene rings is 3. The molecule has 1 heterocycles. The van der Waals surface area contributed by atoms with Gasteiger partial charge in [0.15, 0.2) is 0 Å². The number of sulfonamides is 1. The molecule has 1 saturated heterocycles. The Labute approximate surface area is 198 Å². The van der Waals surface area contributed by atoms with Crippen molar-refractivity contribution in [1.29, 1.82) is 0 Å². The summed E-state index contributed by atoms with van der Waals surface area (Å²) in [7, 11) is -3.78. The van der Waals surface area contributed by atoms with Gasteiger partial charge in [-0.25, -0.2) is 8.42 Å². The highest BCUT2D eigenvalue weighted by Crippen LogP contribution is 2.37. The van der Waals surface area contributed by atoms with Gasteiger partial charge in [0.1, 0.15) is 4.90 Å². The van der Waals surface area contributed by atoms with Crippen molar-refractivity contribution in [1.82, 2.24) is 9.21 Å². The molecule has 1 aliphatic heterocycles. The van der Waals surface area contributed by atoms with E-state index in [4.69, 9.17) is 34.8 Å². The molecule has 3 aromatic carbocycles. The smallest absolute Gasteiger partial charge is 0.244 e. The highest BCUT2D eigenvalue weighted by Gasteiger charge is 2.33. The molecule has 0 unspecified atom stereocenters. The van der Waals surface area contributed by atoms with Crippen LogP contribution >= 0.6 is 34.8 Å². The first-order chi connectivity index (χ1) is 14.9. The standard InChI is InChI=1S/C23H21Cl3N2O2S/c24-19-11-12-20(22(26)21(19)25)31(29,30)28-15-13-27(14-16-28)23(17-7-3-1-4-8-17)18-9-5-2-6-10-18/h1-12,23H,13-16H2. The van der Waals surface area contributed by atoms with Gasteiger partial charge in [0.25, 0.3) is 0 Å². The summed E-state index contributed by atoms with van der Waals surface area (Å²) < 4.78 is 27.9. The zero-order valence-corrected chi connectivity index (χ0v) is 19.7. The lowest BCUT2D eigenvalue weighted by Crippen LogP contribution is -2.49. The van der Waals surface area contributed by atoms with Crippen molar-refractivity contribution in [2.45, 2.75) is 10.9 Å². The number of hydrogen-bond donors (Lipinski definition) is 0. The highest BCUT2D eigenvalue weighted by atomic mass is 35.5. The predicted octanol–water partition coefficient (Wildman–Crippen LogP) is 5.74. The van der Waals surface area contributed by atoms with E-state index in [0.29, 0.717) is 26.2 Å². The number of halogens is 3. The zero-order chi connectivity index (χ0) is 22.0. The number of rotatable bonds is 5. The quantitative estimate of drug-likeness (QED) is 0.424. The molecule has 1 fully saturated rings. The van der Waals surface area contributed by atoms with Crippen LogP contribution in [0.3, 0.4) is 0 Å². The van der Waals surface area contributed by atoms with Gasteiger partial charge in [-0.3, -0.25) is 4.90 Å². The Morgan fingerprint density at radius 1 is 0.677 bits per heavy atom. The minimum absolute atomic E-state index is 0.0142. The molecular weight excluding hydrogens is 475 g/mol. The average molecular weight is 496 g/mol. The summed E-state index contributed by atoms with van der Waals surface area (Å²) in [6.45, 7) is 1.89. The van der Waals surface area contributed by atoms with Crippen LogP contribution in [-0.2, 0) is 10.0 Å². The molecular formula is C23H21Cl3N2O2S. The van der Waals surface area contributed by atoms with E-state index in [-0.39, 0.29) is 26.0 Å². The van der Waals surface area contributed by atoms with E-state index in [1.54, 1.807) is 0 Å².